The Morgan fingerprint density at radius 1 is 1.05 bits per heavy atom. The second kappa shape index (κ2) is 6.14. The molecule has 0 fully saturated rings. The third-order valence-electron chi connectivity index (χ3n) is 2.63. The predicted molar refractivity (Wildman–Crippen MR) is 73.4 cm³/mol. The Balaban J connectivity index is 2.49. The van der Waals surface area contributed by atoms with Crippen LogP contribution in [0.5, 0.6) is 0 Å². The first kappa shape index (κ1) is 13.3. The molecule has 2 aromatic rings. The number of aliphatic imine (C=N–C) groups is 1. The van der Waals surface area contributed by atoms with Crippen molar-refractivity contribution in [3.8, 4) is 12.1 Å². The molecule has 0 saturated heterocycles. The molecule has 2 aromatic carbocycles. The molecule has 5 nitrogen and oxygen atoms in total. The van der Waals surface area contributed by atoms with E-state index in [0.29, 0.717) is 22.4 Å². The normalized spacial score (nSPS) is 10.4. The Bertz CT molecular complexity index is 738. The molecule has 0 radical (unpaired) electrons. The monoisotopic (exact) mass is 262 g/mol. The summed E-state index contributed by atoms with van der Waals surface area (Å²) in [4.78, 5) is 4.22. The van der Waals surface area contributed by atoms with Crippen molar-refractivity contribution in [2.45, 2.75) is 0 Å². The lowest BCUT2D eigenvalue weighted by Crippen LogP contribution is -2.20. The summed E-state index contributed by atoms with van der Waals surface area (Å²) in [7, 11) is 0. The zero-order valence-electron chi connectivity index (χ0n) is 10.4. The van der Waals surface area contributed by atoms with Gasteiger partial charge < -0.3 is 0 Å². The number of hydrogen-bond donors (Lipinski definition) is 2. The largest absolute Gasteiger partial charge is 0.290 e. The van der Waals surface area contributed by atoms with E-state index in [1.165, 1.54) is 0 Å². The fraction of sp³-hybridized carbons (Fsp3) is 0. The van der Waals surface area contributed by atoms with E-state index in [1.54, 1.807) is 48.5 Å². The van der Waals surface area contributed by atoms with Gasteiger partial charge in [0.1, 0.15) is 6.07 Å². The first-order valence-corrected chi connectivity index (χ1v) is 5.77. The molecule has 0 amide bonds. The van der Waals surface area contributed by atoms with Crippen molar-refractivity contribution < 1.29 is 5.21 Å². The number of para-hydroxylation sites is 1. The lowest BCUT2D eigenvalue weighted by Gasteiger charge is -2.06. The van der Waals surface area contributed by atoms with Crippen LogP contribution in [-0.2, 0) is 0 Å². The third-order valence-corrected chi connectivity index (χ3v) is 2.63. The van der Waals surface area contributed by atoms with Crippen molar-refractivity contribution in [3.63, 3.8) is 0 Å². The van der Waals surface area contributed by atoms with Crippen LogP contribution >= 0.6 is 0 Å². The lowest BCUT2D eigenvalue weighted by atomic mass is 10.1. The topological polar surface area (TPSA) is 92.2 Å². The van der Waals surface area contributed by atoms with Gasteiger partial charge in [0.25, 0.3) is 0 Å². The highest BCUT2D eigenvalue weighted by molar-refractivity contribution is 6.00. The van der Waals surface area contributed by atoms with Crippen LogP contribution in [0.15, 0.2) is 53.5 Å². The zero-order valence-corrected chi connectivity index (χ0v) is 10.4. The molecule has 96 valence electrons. The fourth-order valence-corrected chi connectivity index (χ4v) is 1.68. The van der Waals surface area contributed by atoms with E-state index in [2.05, 4.69) is 4.99 Å². The minimum atomic E-state index is 0.171. The quantitative estimate of drug-likeness (QED) is 0.494. The number of amidine groups is 1. The molecule has 0 aliphatic carbocycles. The van der Waals surface area contributed by atoms with Crippen LogP contribution in [0.4, 0.5) is 5.69 Å². The molecule has 0 aliphatic heterocycles. The average Bonchev–Trinajstić information content (AvgIpc) is 2.53. The van der Waals surface area contributed by atoms with Gasteiger partial charge in [-0.05, 0) is 24.3 Å². The number of nitrogens with zero attached hydrogens (tertiary/aromatic N) is 3. The van der Waals surface area contributed by atoms with Gasteiger partial charge in [-0.15, -0.1) is 0 Å². The lowest BCUT2D eigenvalue weighted by molar-refractivity contribution is 0.235. The molecule has 0 aliphatic rings. The summed E-state index contributed by atoms with van der Waals surface area (Å²) in [5, 5.41) is 27.1. The maximum atomic E-state index is 9.22. The number of hydroxylamine groups is 1. The van der Waals surface area contributed by atoms with E-state index >= 15 is 0 Å². The summed E-state index contributed by atoms with van der Waals surface area (Å²) in [5.41, 5.74) is 3.85. The molecule has 0 bridgehead atoms. The average molecular weight is 262 g/mol. The highest BCUT2D eigenvalue weighted by atomic mass is 16.5. The van der Waals surface area contributed by atoms with Gasteiger partial charge in [-0.25, -0.2) is 4.99 Å². The second-order valence-electron chi connectivity index (χ2n) is 3.89. The fourth-order valence-electron chi connectivity index (χ4n) is 1.68. The van der Waals surface area contributed by atoms with Crippen molar-refractivity contribution in [2.24, 2.45) is 4.99 Å². The van der Waals surface area contributed by atoms with E-state index in [9.17, 15) is 5.21 Å². The summed E-state index contributed by atoms with van der Waals surface area (Å²) in [6.45, 7) is 0. The maximum Gasteiger partial charge on any atom is 0.157 e. The van der Waals surface area contributed by atoms with Crippen LogP contribution in [0, 0.1) is 22.7 Å². The molecule has 0 unspecified atom stereocenters. The smallest absolute Gasteiger partial charge is 0.157 e. The Morgan fingerprint density at radius 2 is 1.85 bits per heavy atom. The van der Waals surface area contributed by atoms with Crippen molar-refractivity contribution in [3.05, 3.63) is 65.2 Å². The number of rotatable bonds is 2. The van der Waals surface area contributed by atoms with E-state index < -0.39 is 0 Å². The van der Waals surface area contributed by atoms with Crippen molar-refractivity contribution in [1.29, 1.82) is 10.5 Å². The van der Waals surface area contributed by atoms with Gasteiger partial charge in [0.2, 0.25) is 0 Å². The zero-order chi connectivity index (χ0) is 14.4. The molecule has 0 heterocycles. The molecule has 0 saturated carbocycles. The molecule has 0 spiro atoms. The van der Waals surface area contributed by atoms with E-state index in [-0.39, 0.29) is 5.84 Å². The highest BCUT2D eigenvalue weighted by Crippen LogP contribution is 2.18. The van der Waals surface area contributed by atoms with Gasteiger partial charge in [-0.1, -0.05) is 24.3 Å². The van der Waals surface area contributed by atoms with Gasteiger partial charge in [-0.2, -0.15) is 10.5 Å². The van der Waals surface area contributed by atoms with Crippen LogP contribution in [0.1, 0.15) is 16.7 Å². The molecule has 0 atom stereocenters. The summed E-state index contributed by atoms with van der Waals surface area (Å²) in [5.74, 6) is 0.171. The number of nitriles is 2. The van der Waals surface area contributed by atoms with Crippen LogP contribution in [0.3, 0.4) is 0 Å². The Morgan fingerprint density at radius 3 is 2.55 bits per heavy atom. The number of nitrogens with one attached hydrogen (secondary N) is 1. The molecule has 5 heteroatoms. The highest BCUT2D eigenvalue weighted by Gasteiger charge is 2.06. The standard InChI is InChI=1S/C15H10N4O/c16-9-11-4-3-6-12(8-11)15(19-20)18-14-7-2-1-5-13(14)10-17/h1-8,20H,(H,18,19). The van der Waals surface area contributed by atoms with Crippen LogP contribution in [0.25, 0.3) is 0 Å². The van der Waals surface area contributed by atoms with Gasteiger partial charge in [-0.3, -0.25) is 10.7 Å². The number of hydrogen-bond acceptors (Lipinski definition) is 4. The van der Waals surface area contributed by atoms with Crippen LogP contribution in [0.2, 0.25) is 0 Å². The second-order valence-corrected chi connectivity index (χ2v) is 3.89. The van der Waals surface area contributed by atoms with Crippen molar-refractivity contribution in [2.75, 3.05) is 0 Å². The SMILES string of the molecule is N#Cc1cccc(C(=Nc2ccccc2C#N)NO)c1. The summed E-state index contributed by atoms with van der Waals surface area (Å²) in [6, 6.07) is 17.5. The molecule has 2 rings (SSSR count). The van der Waals surface area contributed by atoms with E-state index in [0.717, 1.165) is 0 Å². The van der Waals surface area contributed by atoms with Crippen LogP contribution < -0.4 is 5.48 Å². The van der Waals surface area contributed by atoms with Gasteiger partial charge in [0.05, 0.1) is 22.9 Å². The summed E-state index contributed by atoms with van der Waals surface area (Å²) in [6.07, 6.45) is 0. The first-order chi connectivity index (χ1) is 9.78. The molecule has 20 heavy (non-hydrogen) atoms. The Hall–Kier alpha value is -3.15. The summed E-state index contributed by atoms with van der Waals surface area (Å²) >= 11 is 0. The third kappa shape index (κ3) is 2.81. The summed E-state index contributed by atoms with van der Waals surface area (Å²) < 4.78 is 0. The first-order valence-electron chi connectivity index (χ1n) is 5.77. The Labute approximate surface area is 116 Å². The van der Waals surface area contributed by atoms with Gasteiger partial charge in [0, 0.05) is 5.56 Å². The maximum absolute atomic E-state index is 9.22. The Kier molecular flexibility index (Phi) is 4.08. The van der Waals surface area contributed by atoms with Crippen molar-refractivity contribution in [1.82, 2.24) is 5.48 Å². The van der Waals surface area contributed by atoms with Gasteiger partial charge >= 0.3 is 0 Å². The predicted octanol–water partition coefficient (Wildman–Crippen LogP) is 2.49. The minimum absolute atomic E-state index is 0.171. The van der Waals surface area contributed by atoms with Gasteiger partial charge in [0.15, 0.2) is 5.84 Å². The van der Waals surface area contributed by atoms with Crippen LogP contribution in [-0.4, -0.2) is 11.0 Å². The van der Waals surface area contributed by atoms with E-state index in [4.69, 9.17) is 10.5 Å². The number of benzene rings is 2. The molecule has 2 N–H and O–H groups in total. The molecular formula is C15H10N4O. The minimum Gasteiger partial charge on any atom is -0.290 e. The van der Waals surface area contributed by atoms with E-state index in [1.807, 2.05) is 17.6 Å². The van der Waals surface area contributed by atoms with Crippen molar-refractivity contribution >= 4 is 11.5 Å². The molecule has 0 aromatic heterocycles. The molecular weight excluding hydrogens is 252 g/mol.